The van der Waals surface area contributed by atoms with Gasteiger partial charge in [-0.1, -0.05) is 0 Å². The minimum atomic E-state index is -0.935. The fourth-order valence-electron chi connectivity index (χ4n) is 1.94. The number of ether oxygens (including phenoxy) is 2. The Bertz CT molecular complexity index is 513. The summed E-state index contributed by atoms with van der Waals surface area (Å²) in [6.07, 6.45) is -0.0949. The molecule has 0 spiro atoms. The van der Waals surface area contributed by atoms with Gasteiger partial charge < -0.3 is 19.5 Å². The van der Waals surface area contributed by atoms with Gasteiger partial charge in [0, 0.05) is 18.7 Å². The smallest absolute Gasteiger partial charge is 0.305 e. The maximum Gasteiger partial charge on any atom is 0.305 e. The molecule has 0 aliphatic rings. The Hall–Kier alpha value is -2.24. The minimum absolute atomic E-state index is 0.0949. The van der Waals surface area contributed by atoms with E-state index in [2.05, 4.69) is 0 Å². The first-order valence-electron chi connectivity index (χ1n) is 6.65. The SMILES string of the molecule is COc1ccc(C(=O)N(CCC(=O)O)C(C)C)c(OC)c1. The summed E-state index contributed by atoms with van der Waals surface area (Å²) in [7, 11) is 3.01. The standard InChI is InChI=1S/C15H21NO5/c1-10(2)16(8-7-14(17)18)15(19)12-6-5-11(20-3)9-13(12)21-4/h5-6,9-10H,7-8H2,1-4H3,(H,17,18). The molecule has 1 amide bonds. The van der Waals surface area contributed by atoms with Crippen molar-refractivity contribution in [3.05, 3.63) is 23.8 Å². The Labute approximate surface area is 124 Å². The lowest BCUT2D eigenvalue weighted by atomic mass is 10.1. The molecule has 1 rings (SSSR count). The Morgan fingerprint density at radius 1 is 1.24 bits per heavy atom. The molecule has 6 heteroatoms. The van der Waals surface area contributed by atoms with Gasteiger partial charge in [-0.3, -0.25) is 9.59 Å². The normalized spacial score (nSPS) is 10.3. The summed E-state index contributed by atoms with van der Waals surface area (Å²) in [5.41, 5.74) is 0.386. The number of amides is 1. The van der Waals surface area contributed by atoms with Gasteiger partial charge >= 0.3 is 5.97 Å². The zero-order chi connectivity index (χ0) is 16.0. The number of carbonyl (C=O) groups excluding carboxylic acids is 1. The van der Waals surface area contributed by atoms with Crippen molar-refractivity contribution in [2.75, 3.05) is 20.8 Å². The van der Waals surface area contributed by atoms with E-state index in [1.54, 1.807) is 18.2 Å². The van der Waals surface area contributed by atoms with Crippen molar-refractivity contribution in [1.29, 1.82) is 0 Å². The summed E-state index contributed by atoms with van der Waals surface area (Å²) in [6.45, 7) is 3.84. The third-order valence-corrected chi connectivity index (χ3v) is 3.09. The van der Waals surface area contributed by atoms with Crippen LogP contribution in [0.5, 0.6) is 11.5 Å². The largest absolute Gasteiger partial charge is 0.497 e. The zero-order valence-corrected chi connectivity index (χ0v) is 12.8. The molecule has 6 nitrogen and oxygen atoms in total. The van der Waals surface area contributed by atoms with E-state index in [0.29, 0.717) is 17.1 Å². The lowest BCUT2D eigenvalue weighted by molar-refractivity contribution is -0.137. The van der Waals surface area contributed by atoms with Gasteiger partial charge in [-0.05, 0) is 26.0 Å². The van der Waals surface area contributed by atoms with Crippen LogP contribution in [0.15, 0.2) is 18.2 Å². The maximum absolute atomic E-state index is 12.6. The predicted molar refractivity (Wildman–Crippen MR) is 78.0 cm³/mol. The second-order valence-corrected chi connectivity index (χ2v) is 4.80. The summed E-state index contributed by atoms with van der Waals surface area (Å²) in [6, 6.07) is 4.81. The minimum Gasteiger partial charge on any atom is -0.497 e. The number of hydrogen-bond acceptors (Lipinski definition) is 4. The van der Waals surface area contributed by atoms with Gasteiger partial charge in [0.05, 0.1) is 26.2 Å². The molecule has 0 fully saturated rings. The van der Waals surface area contributed by atoms with Gasteiger partial charge in [0.25, 0.3) is 5.91 Å². The fourth-order valence-corrected chi connectivity index (χ4v) is 1.94. The molecule has 1 N–H and O–H groups in total. The highest BCUT2D eigenvalue weighted by Crippen LogP contribution is 2.26. The van der Waals surface area contributed by atoms with E-state index in [4.69, 9.17) is 14.6 Å². The lowest BCUT2D eigenvalue weighted by Crippen LogP contribution is -2.38. The van der Waals surface area contributed by atoms with Crippen LogP contribution >= 0.6 is 0 Å². The molecule has 1 aromatic rings. The van der Waals surface area contributed by atoms with Gasteiger partial charge in [0.2, 0.25) is 0 Å². The van der Waals surface area contributed by atoms with Gasteiger partial charge in [0.15, 0.2) is 0 Å². The monoisotopic (exact) mass is 295 g/mol. The number of hydrogen-bond donors (Lipinski definition) is 1. The van der Waals surface area contributed by atoms with Crippen molar-refractivity contribution in [3.63, 3.8) is 0 Å². The third kappa shape index (κ3) is 4.37. The van der Waals surface area contributed by atoms with Crippen LogP contribution < -0.4 is 9.47 Å². The quantitative estimate of drug-likeness (QED) is 0.833. The van der Waals surface area contributed by atoms with Crippen LogP contribution in [0.4, 0.5) is 0 Å². The molecular formula is C15H21NO5. The molecule has 0 aromatic heterocycles. The van der Waals surface area contributed by atoms with Gasteiger partial charge in [-0.15, -0.1) is 0 Å². The Kier molecular flexibility index (Phi) is 6.02. The molecule has 21 heavy (non-hydrogen) atoms. The fraction of sp³-hybridized carbons (Fsp3) is 0.467. The average molecular weight is 295 g/mol. The molecule has 116 valence electrons. The van der Waals surface area contributed by atoms with Crippen LogP contribution in [0, 0.1) is 0 Å². The molecule has 0 heterocycles. The number of rotatable bonds is 7. The number of aliphatic carboxylic acids is 1. The van der Waals surface area contributed by atoms with Gasteiger partial charge in [-0.2, -0.15) is 0 Å². The number of carboxylic acids is 1. The average Bonchev–Trinajstić information content (AvgIpc) is 2.45. The van der Waals surface area contributed by atoms with Crippen LogP contribution in [-0.4, -0.2) is 48.7 Å². The van der Waals surface area contributed by atoms with E-state index < -0.39 is 5.97 Å². The highest BCUT2D eigenvalue weighted by Gasteiger charge is 2.22. The number of nitrogens with zero attached hydrogens (tertiary/aromatic N) is 1. The molecular weight excluding hydrogens is 274 g/mol. The van der Waals surface area contributed by atoms with E-state index in [9.17, 15) is 9.59 Å². The second kappa shape index (κ2) is 7.52. The first kappa shape index (κ1) is 16.8. The maximum atomic E-state index is 12.6. The molecule has 0 aliphatic heterocycles. The summed E-state index contributed by atoms with van der Waals surface area (Å²) in [5.74, 6) is -0.203. The van der Waals surface area contributed by atoms with Crippen LogP contribution in [-0.2, 0) is 4.79 Å². The van der Waals surface area contributed by atoms with Crippen molar-refractivity contribution in [2.45, 2.75) is 26.3 Å². The Morgan fingerprint density at radius 2 is 1.90 bits per heavy atom. The van der Waals surface area contributed by atoms with Gasteiger partial charge in [0.1, 0.15) is 11.5 Å². The van der Waals surface area contributed by atoms with E-state index in [1.807, 2.05) is 13.8 Å². The number of benzene rings is 1. The van der Waals surface area contributed by atoms with Crippen LogP contribution in [0.2, 0.25) is 0 Å². The summed E-state index contributed by atoms with van der Waals surface area (Å²) in [5, 5.41) is 8.79. The molecule has 0 saturated heterocycles. The van der Waals surface area contributed by atoms with E-state index in [1.165, 1.54) is 19.1 Å². The molecule has 0 atom stereocenters. The summed E-state index contributed by atoms with van der Waals surface area (Å²) in [4.78, 5) is 24.8. The van der Waals surface area contributed by atoms with E-state index >= 15 is 0 Å². The Balaban J connectivity index is 3.05. The molecule has 1 aromatic carbocycles. The lowest BCUT2D eigenvalue weighted by Gasteiger charge is -2.27. The predicted octanol–water partition coefficient (Wildman–Crippen LogP) is 2.03. The van der Waals surface area contributed by atoms with Crippen LogP contribution in [0.25, 0.3) is 0 Å². The number of carboxylic acid groups (broad SMARTS) is 1. The van der Waals surface area contributed by atoms with Crippen molar-refractivity contribution in [3.8, 4) is 11.5 Å². The molecule has 0 saturated carbocycles. The van der Waals surface area contributed by atoms with E-state index in [0.717, 1.165) is 0 Å². The number of methoxy groups -OCH3 is 2. The molecule has 0 unspecified atom stereocenters. The molecule has 0 bridgehead atoms. The highest BCUT2D eigenvalue weighted by atomic mass is 16.5. The van der Waals surface area contributed by atoms with E-state index in [-0.39, 0.29) is 24.9 Å². The van der Waals surface area contributed by atoms with Crippen molar-refractivity contribution in [2.24, 2.45) is 0 Å². The Morgan fingerprint density at radius 3 is 2.38 bits per heavy atom. The zero-order valence-electron chi connectivity index (χ0n) is 12.8. The van der Waals surface area contributed by atoms with Crippen LogP contribution in [0.1, 0.15) is 30.6 Å². The second-order valence-electron chi connectivity index (χ2n) is 4.80. The first-order valence-corrected chi connectivity index (χ1v) is 6.65. The third-order valence-electron chi connectivity index (χ3n) is 3.09. The molecule has 0 aliphatic carbocycles. The molecule has 0 radical (unpaired) electrons. The number of carbonyl (C=O) groups is 2. The highest BCUT2D eigenvalue weighted by molar-refractivity contribution is 5.97. The first-order chi connectivity index (χ1) is 9.90. The van der Waals surface area contributed by atoms with Crippen molar-refractivity contribution in [1.82, 2.24) is 4.90 Å². The summed E-state index contributed by atoms with van der Waals surface area (Å²) >= 11 is 0. The summed E-state index contributed by atoms with van der Waals surface area (Å²) < 4.78 is 10.3. The topological polar surface area (TPSA) is 76.1 Å². The van der Waals surface area contributed by atoms with Crippen molar-refractivity contribution >= 4 is 11.9 Å². The van der Waals surface area contributed by atoms with Gasteiger partial charge in [-0.25, -0.2) is 0 Å². The van der Waals surface area contributed by atoms with Crippen LogP contribution in [0.3, 0.4) is 0 Å². The van der Waals surface area contributed by atoms with Crippen molar-refractivity contribution < 1.29 is 24.2 Å².